The predicted octanol–water partition coefficient (Wildman–Crippen LogP) is 4.70. The summed E-state index contributed by atoms with van der Waals surface area (Å²) in [5.41, 5.74) is 2.32. The van der Waals surface area contributed by atoms with Crippen LogP contribution in [0.1, 0.15) is 56.6 Å². The van der Waals surface area contributed by atoms with Crippen molar-refractivity contribution in [2.24, 2.45) is 5.92 Å². The number of nitriles is 1. The normalized spacial score (nSPS) is 16.4. The Morgan fingerprint density at radius 1 is 1.11 bits per heavy atom. The third-order valence-electron chi connectivity index (χ3n) is 8.36. The number of pyridine rings is 3. The number of nitrogens with zero attached hydrogens (tertiary/aromatic N) is 7. The molecule has 6 heterocycles. The van der Waals surface area contributed by atoms with Crippen LogP contribution in [0.25, 0.3) is 16.6 Å². The lowest BCUT2D eigenvalue weighted by atomic mass is 9.89. The minimum absolute atomic E-state index is 0.163. The van der Waals surface area contributed by atoms with Crippen molar-refractivity contribution in [3.05, 3.63) is 72.4 Å². The SMILES string of the molecule is CC1(NC(=O)c2ccccn2)CCN(c2ccc(-c3cc(OCC4CN(C(=O)OC(C)(C)C)C4)cn4ncc(C#N)c34)cn2)CC1. The average Bonchev–Trinajstić information content (AvgIpc) is 3.43. The van der Waals surface area contributed by atoms with Gasteiger partial charge in [0.25, 0.3) is 5.91 Å². The van der Waals surface area contributed by atoms with Gasteiger partial charge in [0, 0.05) is 61.2 Å². The van der Waals surface area contributed by atoms with Gasteiger partial charge < -0.3 is 24.6 Å². The highest BCUT2D eigenvalue weighted by Crippen LogP contribution is 2.33. The number of nitrogens with one attached hydrogen (secondary N) is 1. The summed E-state index contributed by atoms with van der Waals surface area (Å²) in [5.74, 6) is 1.48. The summed E-state index contributed by atoms with van der Waals surface area (Å²) in [5, 5.41) is 17.3. The Morgan fingerprint density at radius 2 is 1.89 bits per heavy atom. The van der Waals surface area contributed by atoms with Crippen molar-refractivity contribution in [3.63, 3.8) is 0 Å². The number of anilines is 1. The molecule has 2 amide bonds. The Kier molecular flexibility index (Phi) is 8.25. The van der Waals surface area contributed by atoms with E-state index in [-0.39, 0.29) is 23.5 Å². The fraction of sp³-hybridized carbons (Fsp3) is 0.412. The molecule has 0 aliphatic carbocycles. The van der Waals surface area contributed by atoms with Crippen LogP contribution in [0.4, 0.5) is 10.6 Å². The number of piperidine rings is 1. The third-order valence-corrected chi connectivity index (χ3v) is 8.36. The van der Waals surface area contributed by atoms with Crippen LogP contribution in [0, 0.1) is 17.2 Å². The maximum absolute atomic E-state index is 12.7. The van der Waals surface area contributed by atoms with Crippen molar-refractivity contribution in [2.75, 3.05) is 37.7 Å². The summed E-state index contributed by atoms with van der Waals surface area (Å²) in [6.45, 7) is 10.7. The van der Waals surface area contributed by atoms with E-state index in [1.54, 1.807) is 40.1 Å². The van der Waals surface area contributed by atoms with Gasteiger partial charge in [0.1, 0.15) is 28.9 Å². The first-order chi connectivity index (χ1) is 22.0. The van der Waals surface area contributed by atoms with Crippen LogP contribution in [0.15, 0.2) is 61.2 Å². The second-order valence-corrected chi connectivity index (χ2v) is 13.2. The second-order valence-electron chi connectivity index (χ2n) is 13.2. The number of aromatic nitrogens is 4. The number of ether oxygens (including phenoxy) is 2. The molecule has 238 valence electrons. The van der Waals surface area contributed by atoms with Gasteiger partial charge >= 0.3 is 6.09 Å². The summed E-state index contributed by atoms with van der Waals surface area (Å²) in [6.07, 6.45) is 7.98. The summed E-state index contributed by atoms with van der Waals surface area (Å²) in [4.78, 5) is 37.8. The van der Waals surface area contributed by atoms with Crippen LogP contribution in [0.3, 0.4) is 0 Å². The summed E-state index contributed by atoms with van der Waals surface area (Å²) in [7, 11) is 0. The van der Waals surface area contributed by atoms with Crippen molar-refractivity contribution in [1.82, 2.24) is 29.8 Å². The van der Waals surface area contributed by atoms with E-state index in [2.05, 4.69) is 33.3 Å². The van der Waals surface area contributed by atoms with Crippen LogP contribution in [-0.2, 0) is 4.74 Å². The standard InChI is InChI=1S/C34H38N8O4/c1-33(2,3)46-32(44)41-19-23(20-41)22-45-26-15-27(30-25(16-35)18-38-42(30)21-26)24-8-9-29(37-17-24)40-13-10-34(4,11-14-40)39-31(43)28-7-5-6-12-36-28/h5-9,12,15,17-18,21,23H,10-11,13-14,19-20,22H2,1-4H3,(H,39,43). The first kappa shape index (κ1) is 30.8. The Labute approximate surface area is 267 Å². The van der Waals surface area contributed by atoms with Crippen molar-refractivity contribution < 1.29 is 19.1 Å². The van der Waals surface area contributed by atoms with Crippen LogP contribution < -0.4 is 15.0 Å². The molecule has 6 rings (SSSR count). The highest BCUT2D eigenvalue weighted by atomic mass is 16.6. The number of rotatable bonds is 7. The molecule has 2 fully saturated rings. The fourth-order valence-corrected chi connectivity index (χ4v) is 5.76. The van der Waals surface area contributed by atoms with Crippen LogP contribution in [0.5, 0.6) is 5.75 Å². The first-order valence-corrected chi connectivity index (χ1v) is 15.5. The minimum atomic E-state index is -0.529. The van der Waals surface area contributed by atoms with E-state index < -0.39 is 5.60 Å². The van der Waals surface area contributed by atoms with E-state index in [9.17, 15) is 14.9 Å². The third kappa shape index (κ3) is 6.73. The Balaban J connectivity index is 1.11. The molecule has 4 aromatic rings. The molecule has 0 bridgehead atoms. The highest BCUT2D eigenvalue weighted by molar-refractivity contribution is 5.92. The zero-order valence-corrected chi connectivity index (χ0v) is 26.6. The fourth-order valence-electron chi connectivity index (χ4n) is 5.76. The molecule has 0 radical (unpaired) electrons. The van der Waals surface area contributed by atoms with Gasteiger partial charge in [0.2, 0.25) is 0 Å². The quantitative estimate of drug-likeness (QED) is 0.311. The maximum Gasteiger partial charge on any atom is 0.410 e. The minimum Gasteiger partial charge on any atom is -0.492 e. The zero-order valence-electron chi connectivity index (χ0n) is 26.6. The molecule has 0 saturated carbocycles. The van der Waals surface area contributed by atoms with Crippen LogP contribution >= 0.6 is 0 Å². The van der Waals surface area contributed by atoms with E-state index >= 15 is 0 Å². The summed E-state index contributed by atoms with van der Waals surface area (Å²) < 4.78 is 13.3. The lowest BCUT2D eigenvalue weighted by Crippen LogP contribution is -2.53. The highest BCUT2D eigenvalue weighted by Gasteiger charge is 2.35. The second kappa shape index (κ2) is 12.3. The van der Waals surface area contributed by atoms with Crippen molar-refractivity contribution in [3.8, 4) is 22.9 Å². The van der Waals surface area contributed by atoms with Crippen molar-refractivity contribution in [1.29, 1.82) is 5.26 Å². The van der Waals surface area contributed by atoms with E-state index in [1.807, 2.05) is 51.2 Å². The molecule has 12 nitrogen and oxygen atoms in total. The number of hydrogen-bond acceptors (Lipinski definition) is 9. The van der Waals surface area contributed by atoms with Gasteiger partial charge in [-0.3, -0.25) is 9.78 Å². The molecule has 0 aromatic carbocycles. The van der Waals surface area contributed by atoms with Gasteiger partial charge in [-0.15, -0.1) is 0 Å². The molecule has 2 saturated heterocycles. The summed E-state index contributed by atoms with van der Waals surface area (Å²) >= 11 is 0. The number of carbonyl (C=O) groups is 2. The topological polar surface area (TPSA) is 138 Å². The molecule has 2 aliphatic rings. The van der Waals surface area contributed by atoms with Gasteiger partial charge in [-0.25, -0.2) is 14.3 Å². The van der Waals surface area contributed by atoms with E-state index in [0.29, 0.717) is 42.2 Å². The maximum atomic E-state index is 12.7. The van der Waals surface area contributed by atoms with Gasteiger partial charge in [-0.1, -0.05) is 6.07 Å². The zero-order chi connectivity index (χ0) is 32.5. The molecule has 46 heavy (non-hydrogen) atoms. The van der Waals surface area contributed by atoms with Gasteiger partial charge in [-0.2, -0.15) is 10.4 Å². The number of likely N-dealkylation sites (tertiary alicyclic amines) is 1. The monoisotopic (exact) mass is 622 g/mol. The largest absolute Gasteiger partial charge is 0.492 e. The molecule has 1 N–H and O–H groups in total. The van der Waals surface area contributed by atoms with Crippen molar-refractivity contribution >= 4 is 23.3 Å². The number of amides is 2. The predicted molar refractivity (Wildman–Crippen MR) is 171 cm³/mol. The molecule has 0 unspecified atom stereocenters. The van der Waals surface area contributed by atoms with Crippen LogP contribution in [-0.4, -0.2) is 80.4 Å². The molecule has 0 spiro atoms. The Morgan fingerprint density at radius 3 is 2.54 bits per heavy atom. The van der Waals surface area contributed by atoms with Gasteiger partial charge in [-0.05, 0) is 70.9 Å². The van der Waals surface area contributed by atoms with Crippen LogP contribution in [0.2, 0.25) is 0 Å². The lowest BCUT2D eigenvalue weighted by Gasteiger charge is -2.40. The van der Waals surface area contributed by atoms with E-state index in [4.69, 9.17) is 14.5 Å². The first-order valence-electron chi connectivity index (χ1n) is 15.5. The molecule has 4 aromatic heterocycles. The van der Waals surface area contributed by atoms with E-state index in [1.165, 1.54) is 0 Å². The Bertz CT molecular complexity index is 1760. The Hall–Kier alpha value is -5.18. The number of carbonyl (C=O) groups excluding carboxylic acids is 2. The molecular weight excluding hydrogens is 584 g/mol. The molecule has 12 heteroatoms. The molecule has 2 aliphatic heterocycles. The van der Waals surface area contributed by atoms with Gasteiger partial charge in [0.05, 0.1) is 30.1 Å². The number of hydrogen-bond donors (Lipinski definition) is 1. The lowest BCUT2D eigenvalue weighted by molar-refractivity contribution is -0.00784. The van der Waals surface area contributed by atoms with Gasteiger partial charge in [0.15, 0.2) is 0 Å². The molecule has 0 atom stereocenters. The van der Waals surface area contributed by atoms with Crippen molar-refractivity contribution in [2.45, 2.75) is 51.7 Å². The number of fused-ring (bicyclic) bond motifs is 1. The smallest absolute Gasteiger partial charge is 0.410 e. The van der Waals surface area contributed by atoms with E-state index in [0.717, 1.165) is 42.9 Å². The molecular formula is C34H38N8O4. The average molecular weight is 623 g/mol. The summed E-state index contributed by atoms with van der Waals surface area (Å²) in [6, 6.07) is 13.4.